The lowest BCUT2D eigenvalue weighted by Gasteiger charge is -2.22. The van der Waals surface area contributed by atoms with Gasteiger partial charge in [-0.15, -0.1) is 29.9 Å². The first kappa shape index (κ1) is 23.1. The number of hydrogen-bond acceptors (Lipinski definition) is 5. The Labute approximate surface area is 156 Å². The van der Waals surface area contributed by atoms with Crippen LogP contribution >= 0.6 is 24.8 Å². The van der Waals surface area contributed by atoms with Gasteiger partial charge in [0.05, 0.1) is 12.2 Å². The lowest BCUT2D eigenvalue weighted by atomic mass is 10.1. The maximum atomic E-state index is 12.1. The van der Waals surface area contributed by atoms with Crippen molar-refractivity contribution in [1.82, 2.24) is 30.5 Å². The second-order valence-electron chi connectivity index (χ2n) is 5.70. The van der Waals surface area contributed by atoms with E-state index in [4.69, 9.17) is 0 Å². The van der Waals surface area contributed by atoms with E-state index in [2.05, 4.69) is 39.7 Å². The second-order valence-corrected chi connectivity index (χ2v) is 5.70. The van der Waals surface area contributed by atoms with Crippen molar-refractivity contribution in [2.24, 2.45) is 0 Å². The minimum Gasteiger partial charge on any atom is -0.351 e. The molecule has 0 aromatic carbocycles. The first-order valence-corrected chi connectivity index (χ1v) is 8.37. The Morgan fingerprint density at radius 2 is 2.00 bits per heavy atom. The molecule has 1 aliphatic rings. The van der Waals surface area contributed by atoms with Crippen molar-refractivity contribution < 1.29 is 4.79 Å². The van der Waals surface area contributed by atoms with Crippen molar-refractivity contribution in [2.75, 3.05) is 39.3 Å². The molecule has 0 atom stereocenters. The zero-order valence-electron chi connectivity index (χ0n) is 14.5. The maximum Gasteiger partial charge on any atom is 0.273 e. The van der Waals surface area contributed by atoms with E-state index in [9.17, 15) is 4.79 Å². The van der Waals surface area contributed by atoms with Crippen molar-refractivity contribution >= 4 is 30.7 Å². The molecule has 0 aliphatic carbocycles. The molecule has 0 unspecified atom stereocenters. The van der Waals surface area contributed by atoms with Gasteiger partial charge in [0.25, 0.3) is 5.91 Å². The Bertz CT molecular complexity index is 461. The Morgan fingerprint density at radius 1 is 1.33 bits per heavy atom. The third-order valence-electron chi connectivity index (χ3n) is 4.26. The van der Waals surface area contributed by atoms with Crippen molar-refractivity contribution in [1.29, 1.82) is 0 Å². The van der Waals surface area contributed by atoms with E-state index in [0.29, 0.717) is 18.3 Å². The number of carbonyl (C=O) groups excluding carboxylic acids is 1. The molecule has 2 N–H and O–H groups in total. The first-order chi connectivity index (χ1) is 10.7. The van der Waals surface area contributed by atoms with Crippen molar-refractivity contribution in [3.8, 4) is 0 Å². The monoisotopic (exact) mass is 380 g/mol. The van der Waals surface area contributed by atoms with Gasteiger partial charge >= 0.3 is 0 Å². The van der Waals surface area contributed by atoms with Crippen LogP contribution in [0.4, 0.5) is 0 Å². The summed E-state index contributed by atoms with van der Waals surface area (Å²) in [5.41, 5.74) is 0.418. The molecule has 140 valence electrons. The van der Waals surface area contributed by atoms with E-state index in [0.717, 1.165) is 52.0 Å². The summed E-state index contributed by atoms with van der Waals surface area (Å²) in [7, 11) is 0. The van der Waals surface area contributed by atoms with Crippen LogP contribution in [0.3, 0.4) is 0 Å². The van der Waals surface area contributed by atoms with Crippen LogP contribution in [0, 0.1) is 0 Å². The van der Waals surface area contributed by atoms with Crippen LogP contribution < -0.4 is 10.6 Å². The van der Waals surface area contributed by atoms with E-state index in [1.807, 2.05) is 4.68 Å². The highest BCUT2D eigenvalue weighted by Crippen LogP contribution is 2.16. The average molecular weight is 381 g/mol. The molecule has 9 heteroatoms. The normalized spacial score (nSPS) is 14.8. The summed E-state index contributed by atoms with van der Waals surface area (Å²) in [6, 6.07) is 0.359. The zero-order chi connectivity index (χ0) is 15.8. The van der Waals surface area contributed by atoms with E-state index >= 15 is 0 Å². The number of halogens is 2. The second kappa shape index (κ2) is 12.5. The average Bonchev–Trinajstić information content (AvgIpc) is 3.06. The van der Waals surface area contributed by atoms with Crippen molar-refractivity contribution in [3.05, 3.63) is 11.9 Å². The smallest absolute Gasteiger partial charge is 0.273 e. The first-order valence-electron chi connectivity index (χ1n) is 8.37. The Morgan fingerprint density at radius 3 is 2.62 bits per heavy atom. The Hall–Kier alpha value is -0.890. The molecule has 2 heterocycles. The fraction of sp³-hybridized carbons (Fsp3) is 0.800. The molecule has 1 saturated heterocycles. The van der Waals surface area contributed by atoms with Crippen LogP contribution in [0.25, 0.3) is 0 Å². The highest BCUT2D eigenvalue weighted by atomic mass is 35.5. The number of nitrogens with one attached hydrogen (secondary N) is 2. The number of amides is 1. The summed E-state index contributed by atoms with van der Waals surface area (Å²) >= 11 is 0. The summed E-state index contributed by atoms with van der Waals surface area (Å²) in [6.45, 7) is 10.1. The number of aromatic nitrogens is 3. The maximum absolute atomic E-state index is 12.1. The molecule has 0 radical (unpaired) electrons. The number of rotatable bonds is 8. The number of piperidine rings is 1. The molecule has 7 nitrogen and oxygen atoms in total. The standard InChI is InChI=1S/C15H28N6O.2ClH/c1-3-20(4-2)11-5-8-17-15(22)14-12-21(19-18-14)13-6-9-16-10-7-13;;/h12-13,16H,3-11H2,1-2H3,(H,17,22);2*1H. The molecular weight excluding hydrogens is 351 g/mol. The molecule has 0 bridgehead atoms. The van der Waals surface area contributed by atoms with E-state index in [1.165, 1.54) is 0 Å². The minimum atomic E-state index is -0.125. The highest BCUT2D eigenvalue weighted by molar-refractivity contribution is 5.91. The largest absolute Gasteiger partial charge is 0.351 e. The molecule has 0 spiro atoms. The van der Waals surface area contributed by atoms with Crippen LogP contribution in [0.2, 0.25) is 0 Å². The van der Waals surface area contributed by atoms with Gasteiger partial charge in [0.1, 0.15) is 0 Å². The number of carbonyl (C=O) groups is 1. The molecule has 1 aromatic heterocycles. The third-order valence-corrected chi connectivity index (χ3v) is 4.26. The molecule has 1 fully saturated rings. The summed E-state index contributed by atoms with van der Waals surface area (Å²) in [6.07, 6.45) is 4.80. The van der Waals surface area contributed by atoms with Gasteiger partial charge in [-0.25, -0.2) is 4.68 Å². The summed E-state index contributed by atoms with van der Waals surface area (Å²) in [4.78, 5) is 14.4. The van der Waals surface area contributed by atoms with Crippen molar-refractivity contribution in [3.63, 3.8) is 0 Å². The minimum absolute atomic E-state index is 0. The quantitative estimate of drug-likeness (QED) is 0.668. The highest BCUT2D eigenvalue weighted by Gasteiger charge is 2.18. The summed E-state index contributed by atoms with van der Waals surface area (Å²) < 4.78 is 1.84. The SMILES string of the molecule is CCN(CC)CCCNC(=O)c1cn(C2CCNCC2)nn1.Cl.Cl. The summed E-state index contributed by atoms with van der Waals surface area (Å²) in [5.74, 6) is -0.125. The Kier molecular flexibility index (Phi) is 12.0. The topological polar surface area (TPSA) is 75.1 Å². The van der Waals surface area contributed by atoms with Crippen LogP contribution in [0.1, 0.15) is 49.6 Å². The van der Waals surface area contributed by atoms with Crippen LogP contribution in [-0.4, -0.2) is 65.1 Å². The van der Waals surface area contributed by atoms with Gasteiger partial charge in [0.2, 0.25) is 0 Å². The molecule has 24 heavy (non-hydrogen) atoms. The van der Waals surface area contributed by atoms with Gasteiger partial charge in [0, 0.05) is 6.54 Å². The van der Waals surface area contributed by atoms with Gasteiger partial charge in [-0.3, -0.25) is 4.79 Å². The number of hydrogen-bond donors (Lipinski definition) is 2. The van der Waals surface area contributed by atoms with Gasteiger partial charge in [-0.1, -0.05) is 19.1 Å². The molecule has 2 rings (SSSR count). The van der Waals surface area contributed by atoms with Gasteiger partial charge in [-0.2, -0.15) is 0 Å². The predicted octanol–water partition coefficient (Wildman–Crippen LogP) is 1.51. The van der Waals surface area contributed by atoms with E-state index in [1.54, 1.807) is 6.20 Å². The van der Waals surface area contributed by atoms with E-state index in [-0.39, 0.29) is 30.7 Å². The van der Waals surface area contributed by atoms with Crippen LogP contribution in [0.5, 0.6) is 0 Å². The van der Waals surface area contributed by atoms with Gasteiger partial charge in [-0.05, 0) is 52.0 Å². The number of nitrogens with zero attached hydrogens (tertiary/aromatic N) is 4. The van der Waals surface area contributed by atoms with Crippen LogP contribution in [-0.2, 0) is 0 Å². The van der Waals surface area contributed by atoms with Gasteiger partial charge < -0.3 is 15.5 Å². The molecular formula is C15H30Cl2N6O. The summed E-state index contributed by atoms with van der Waals surface area (Å²) in [5, 5.41) is 14.4. The fourth-order valence-electron chi connectivity index (χ4n) is 2.77. The molecule has 1 aromatic rings. The molecule has 1 aliphatic heterocycles. The van der Waals surface area contributed by atoms with E-state index < -0.39 is 0 Å². The predicted molar refractivity (Wildman–Crippen MR) is 100 cm³/mol. The third kappa shape index (κ3) is 6.93. The Balaban J connectivity index is 0.00000264. The molecule has 0 saturated carbocycles. The fourth-order valence-corrected chi connectivity index (χ4v) is 2.77. The zero-order valence-corrected chi connectivity index (χ0v) is 16.2. The van der Waals surface area contributed by atoms with Crippen LogP contribution in [0.15, 0.2) is 6.20 Å². The molecule has 1 amide bonds. The lowest BCUT2D eigenvalue weighted by molar-refractivity contribution is 0.0946. The van der Waals surface area contributed by atoms with Gasteiger partial charge in [0.15, 0.2) is 5.69 Å². The lowest BCUT2D eigenvalue weighted by Crippen LogP contribution is -2.30. The van der Waals surface area contributed by atoms with Crippen molar-refractivity contribution in [2.45, 2.75) is 39.2 Å².